The van der Waals surface area contributed by atoms with Crippen molar-refractivity contribution in [2.24, 2.45) is 7.05 Å². The lowest BCUT2D eigenvalue weighted by Gasteiger charge is -2.07. The Hall–Kier alpha value is -2.76. The molecule has 1 aromatic carbocycles. The summed E-state index contributed by atoms with van der Waals surface area (Å²) in [5.41, 5.74) is 1.27. The van der Waals surface area contributed by atoms with Gasteiger partial charge < -0.3 is 19.4 Å². The van der Waals surface area contributed by atoms with E-state index in [4.69, 9.17) is 9.47 Å². The van der Waals surface area contributed by atoms with Crippen molar-refractivity contribution in [3.8, 4) is 11.5 Å². The molecule has 0 spiro atoms. The number of nitrogens with one attached hydrogen (secondary N) is 1. The van der Waals surface area contributed by atoms with Crippen molar-refractivity contribution in [1.29, 1.82) is 0 Å². The van der Waals surface area contributed by atoms with E-state index in [9.17, 15) is 9.59 Å². The first kappa shape index (κ1) is 13.2. The van der Waals surface area contributed by atoms with E-state index in [-0.39, 0.29) is 18.3 Å². The number of ether oxygens (including phenoxy) is 2. The normalized spacial score (nSPS) is 12.2. The van der Waals surface area contributed by atoms with Crippen molar-refractivity contribution < 1.29 is 14.3 Å². The van der Waals surface area contributed by atoms with Gasteiger partial charge in [-0.1, -0.05) is 6.07 Å². The number of aryl methyl sites for hydroxylation is 1. The van der Waals surface area contributed by atoms with Gasteiger partial charge in [0.05, 0.1) is 0 Å². The molecule has 0 saturated heterocycles. The van der Waals surface area contributed by atoms with Gasteiger partial charge in [-0.05, 0) is 23.8 Å². The predicted molar refractivity (Wildman–Crippen MR) is 75.4 cm³/mol. The molecular formula is C15H14N2O4. The summed E-state index contributed by atoms with van der Waals surface area (Å²) in [6.45, 7) is 0.528. The highest BCUT2D eigenvalue weighted by Gasteiger charge is 2.16. The number of hydrogen-bond donors (Lipinski definition) is 1. The van der Waals surface area contributed by atoms with Crippen molar-refractivity contribution in [1.82, 2.24) is 9.88 Å². The van der Waals surface area contributed by atoms with Gasteiger partial charge in [-0.2, -0.15) is 0 Å². The predicted octanol–water partition coefficient (Wildman–Crippen LogP) is 1.04. The zero-order valence-electron chi connectivity index (χ0n) is 11.5. The summed E-state index contributed by atoms with van der Waals surface area (Å²) in [7, 11) is 1.67. The summed E-state index contributed by atoms with van der Waals surface area (Å²) in [5, 5.41) is 2.80. The average molecular weight is 286 g/mol. The Morgan fingerprint density at radius 2 is 2.05 bits per heavy atom. The molecule has 2 heterocycles. The molecule has 108 valence electrons. The first-order chi connectivity index (χ1) is 10.1. The third-order valence-corrected chi connectivity index (χ3v) is 3.23. The Kier molecular flexibility index (Phi) is 3.35. The largest absolute Gasteiger partial charge is 0.454 e. The highest BCUT2D eigenvalue weighted by Crippen LogP contribution is 2.32. The van der Waals surface area contributed by atoms with Crippen LogP contribution in [0.25, 0.3) is 0 Å². The first-order valence-corrected chi connectivity index (χ1v) is 6.47. The van der Waals surface area contributed by atoms with Gasteiger partial charge in [0.15, 0.2) is 11.5 Å². The zero-order chi connectivity index (χ0) is 14.8. The van der Waals surface area contributed by atoms with Crippen molar-refractivity contribution in [2.75, 3.05) is 6.79 Å². The highest BCUT2D eigenvalue weighted by atomic mass is 16.7. The van der Waals surface area contributed by atoms with Crippen LogP contribution < -0.4 is 20.3 Å². The number of hydrogen-bond acceptors (Lipinski definition) is 4. The number of rotatable bonds is 3. The SMILES string of the molecule is Cn1cc(CNC(=O)c2ccc3c(c2)OCO3)ccc1=O. The standard InChI is InChI=1S/C15H14N2O4/c1-17-8-10(2-5-14(17)18)7-16-15(19)11-3-4-12-13(6-11)21-9-20-12/h2-6,8H,7,9H2,1H3,(H,16,19). The Balaban J connectivity index is 1.69. The molecule has 6 heteroatoms. The van der Waals surface area contributed by atoms with Crippen molar-refractivity contribution in [3.05, 3.63) is 58.0 Å². The lowest BCUT2D eigenvalue weighted by Crippen LogP contribution is -2.24. The van der Waals surface area contributed by atoms with Crippen molar-refractivity contribution >= 4 is 5.91 Å². The Morgan fingerprint density at radius 3 is 2.86 bits per heavy atom. The molecule has 0 saturated carbocycles. The Bertz CT molecular complexity index is 752. The lowest BCUT2D eigenvalue weighted by molar-refractivity contribution is 0.0950. The second kappa shape index (κ2) is 5.32. The van der Waals surface area contributed by atoms with E-state index in [0.29, 0.717) is 23.6 Å². The van der Waals surface area contributed by atoms with Gasteiger partial charge in [0.1, 0.15) is 0 Å². The van der Waals surface area contributed by atoms with E-state index in [2.05, 4.69) is 5.32 Å². The summed E-state index contributed by atoms with van der Waals surface area (Å²) in [6.07, 6.45) is 1.70. The maximum absolute atomic E-state index is 12.1. The van der Waals surface area contributed by atoms with E-state index in [1.54, 1.807) is 37.5 Å². The zero-order valence-corrected chi connectivity index (χ0v) is 11.5. The fraction of sp³-hybridized carbons (Fsp3) is 0.200. The molecule has 0 atom stereocenters. The first-order valence-electron chi connectivity index (χ1n) is 6.47. The Labute approximate surface area is 120 Å². The molecule has 21 heavy (non-hydrogen) atoms. The molecule has 6 nitrogen and oxygen atoms in total. The quantitative estimate of drug-likeness (QED) is 0.915. The van der Waals surface area contributed by atoms with Gasteiger partial charge in [0.2, 0.25) is 12.4 Å². The highest BCUT2D eigenvalue weighted by molar-refractivity contribution is 5.94. The van der Waals surface area contributed by atoms with Crippen LogP contribution >= 0.6 is 0 Å². The van der Waals surface area contributed by atoms with Gasteiger partial charge in [-0.3, -0.25) is 9.59 Å². The summed E-state index contributed by atoms with van der Waals surface area (Å²) in [4.78, 5) is 23.4. The minimum Gasteiger partial charge on any atom is -0.454 e. The van der Waals surface area contributed by atoms with Crippen LogP contribution in [-0.4, -0.2) is 17.3 Å². The fourth-order valence-electron chi connectivity index (χ4n) is 2.08. The van der Waals surface area contributed by atoms with E-state index in [1.807, 2.05) is 0 Å². The molecule has 1 N–H and O–H groups in total. The number of pyridine rings is 1. The second-order valence-corrected chi connectivity index (χ2v) is 4.74. The van der Waals surface area contributed by atoms with E-state index in [1.165, 1.54) is 10.6 Å². The molecule has 1 aromatic heterocycles. The molecule has 3 rings (SSSR count). The third-order valence-electron chi connectivity index (χ3n) is 3.23. The maximum Gasteiger partial charge on any atom is 0.251 e. The fourth-order valence-corrected chi connectivity index (χ4v) is 2.08. The van der Waals surface area contributed by atoms with Gasteiger partial charge in [-0.15, -0.1) is 0 Å². The van der Waals surface area contributed by atoms with Gasteiger partial charge in [0, 0.05) is 31.4 Å². The van der Waals surface area contributed by atoms with Crippen LogP contribution in [0.2, 0.25) is 0 Å². The minimum atomic E-state index is -0.206. The van der Waals surface area contributed by atoms with E-state index < -0.39 is 0 Å². The second-order valence-electron chi connectivity index (χ2n) is 4.74. The van der Waals surface area contributed by atoms with Crippen molar-refractivity contribution in [2.45, 2.75) is 6.54 Å². The monoisotopic (exact) mass is 286 g/mol. The van der Waals surface area contributed by atoms with Crippen LogP contribution in [0.5, 0.6) is 11.5 Å². The molecule has 0 unspecified atom stereocenters. The number of carbonyl (C=O) groups excluding carboxylic acids is 1. The number of fused-ring (bicyclic) bond motifs is 1. The molecule has 1 amide bonds. The van der Waals surface area contributed by atoms with Crippen molar-refractivity contribution in [3.63, 3.8) is 0 Å². The molecule has 2 aromatic rings. The van der Waals surface area contributed by atoms with Gasteiger partial charge >= 0.3 is 0 Å². The van der Waals surface area contributed by atoms with Crippen LogP contribution in [0.3, 0.4) is 0 Å². The lowest BCUT2D eigenvalue weighted by atomic mass is 10.2. The summed E-state index contributed by atoms with van der Waals surface area (Å²) in [5.74, 6) is 1.01. The maximum atomic E-state index is 12.1. The van der Waals surface area contributed by atoms with E-state index >= 15 is 0 Å². The van der Waals surface area contributed by atoms with Crippen LogP contribution in [0.15, 0.2) is 41.3 Å². The van der Waals surface area contributed by atoms with Crippen LogP contribution in [0.1, 0.15) is 15.9 Å². The Morgan fingerprint density at radius 1 is 1.24 bits per heavy atom. The average Bonchev–Trinajstić information content (AvgIpc) is 2.95. The number of nitrogens with zero attached hydrogens (tertiary/aromatic N) is 1. The molecule has 0 fully saturated rings. The minimum absolute atomic E-state index is 0.0825. The number of amides is 1. The summed E-state index contributed by atoms with van der Waals surface area (Å²) < 4.78 is 11.9. The van der Waals surface area contributed by atoms with Crippen LogP contribution in [0.4, 0.5) is 0 Å². The van der Waals surface area contributed by atoms with Crippen LogP contribution in [-0.2, 0) is 13.6 Å². The molecule has 1 aliphatic rings. The number of aromatic nitrogens is 1. The van der Waals surface area contributed by atoms with Gasteiger partial charge in [-0.25, -0.2) is 0 Å². The summed E-state index contributed by atoms with van der Waals surface area (Å²) >= 11 is 0. The molecule has 0 radical (unpaired) electrons. The molecule has 0 aliphatic carbocycles. The third kappa shape index (κ3) is 2.74. The number of carbonyl (C=O) groups is 1. The summed E-state index contributed by atoms with van der Waals surface area (Å²) in [6, 6.07) is 8.22. The van der Waals surface area contributed by atoms with Gasteiger partial charge in [0.25, 0.3) is 5.91 Å². The topological polar surface area (TPSA) is 69.6 Å². The molecule has 0 bridgehead atoms. The number of benzene rings is 1. The van der Waals surface area contributed by atoms with Crippen LogP contribution in [0, 0.1) is 0 Å². The smallest absolute Gasteiger partial charge is 0.251 e. The molecule has 1 aliphatic heterocycles. The molecular weight excluding hydrogens is 272 g/mol. The van der Waals surface area contributed by atoms with E-state index in [0.717, 1.165) is 5.56 Å².